The van der Waals surface area contributed by atoms with Crippen molar-refractivity contribution in [3.05, 3.63) is 87.5 Å². The molecular weight excluding hydrogens is 476 g/mol. The molecule has 2 aromatic carbocycles. The van der Waals surface area contributed by atoms with E-state index in [9.17, 15) is 4.79 Å². The number of fused-ring (bicyclic) bond motifs is 1. The molecule has 2 saturated heterocycles. The average Bonchev–Trinajstić information content (AvgIpc) is 3.63. The largest absolute Gasteiger partial charge is 0.376 e. The van der Waals surface area contributed by atoms with Gasteiger partial charge in [0.2, 0.25) is 0 Å². The minimum Gasteiger partial charge on any atom is -0.376 e. The second-order valence-electron chi connectivity index (χ2n) is 10.8. The molecule has 1 N–H and O–H groups in total. The second kappa shape index (κ2) is 11.2. The van der Waals surface area contributed by atoms with Gasteiger partial charge in [-0.2, -0.15) is 0 Å². The fraction of sp³-hybridized carbons (Fsp3) is 0.467. The highest BCUT2D eigenvalue weighted by Crippen LogP contribution is 2.32. The SMILES string of the molecule is CCc1ccc2[nH]c(=O)c([C@H](c3nnnn3C[C@H]3CCCO3)N3CCC(Cc4ccccc4)CC3)cc2c1. The molecule has 2 aliphatic rings. The maximum absolute atomic E-state index is 13.5. The summed E-state index contributed by atoms with van der Waals surface area (Å²) in [6.07, 6.45) is 6.36. The van der Waals surface area contributed by atoms with E-state index in [4.69, 9.17) is 4.74 Å². The van der Waals surface area contributed by atoms with Crippen LogP contribution in [-0.2, 0) is 24.1 Å². The number of piperidine rings is 1. The topological polar surface area (TPSA) is 88.9 Å². The van der Waals surface area contributed by atoms with Crippen molar-refractivity contribution in [2.75, 3.05) is 19.7 Å². The Bertz CT molecular complexity index is 1420. The normalized spacial score (nSPS) is 19.8. The molecule has 0 unspecified atom stereocenters. The van der Waals surface area contributed by atoms with Crippen LogP contribution in [0.5, 0.6) is 0 Å². The van der Waals surface area contributed by atoms with E-state index in [-0.39, 0.29) is 17.7 Å². The lowest BCUT2D eigenvalue weighted by Gasteiger charge is -2.37. The van der Waals surface area contributed by atoms with E-state index in [2.05, 4.69) is 80.9 Å². The molecule has 4 heterocycles. The number of ether oxygens (including phenoxy) is 1. The molecule has 0 radical (unpaired) electrons. The van der Waals surface area contributed by atoms with Gasteiger partial charge in [-0.3, -0.25) is 9.69 Å². The summed E-state index contributed by atoms with van der Waals surface area (Å²) in [5.41, 5.74) is 4.12. The van der Waals surface area contributed by atoms with Crippen LogP contribution < -0.4 is 5.56 Å². The molecule has 0 aliphatic carbocycles. The number of benzene rings is 2. The number of nitrogens with one attached hydrogen (secondary N) is 1. The summed E-state index contributed by atoms with van der Waals surface area (Å²) in [6, 6.07) is 18.7. The quantitative estimate of drug-likeness (QED) is 0.379. The van der Waals surface area contributed by atoms with Crippen molar-refractivity contribution in [3.63, 3.8) is 0 Å². The number of aromatic amines is 1. The fourth-order valence-corrected chi connectivity index (χ4v) is 6.08. The fourth-order valence-electron chi connectivity index (χ4n) is 6.08. The predicted molar refractivity (Wildman–Crippen MR) is 147 cm³/mol. The molecule has 2 fully saturated rings. The average molecular weight is 513 g/mol. The van der Waals surface area contributed by atoms with Crippen molar-refractivity contribution >= 4 is 10.9 Å². The summed E-state index contributed by atoms with van der Waals surface area (Å²) in [7, 11) is 0. The molecule has 8 nitrogen and oxygen atoms in total. The third-order valence-corrected chi connectivity index (χ3v) is 8.23. The zero-order valence-electron chi connectivity index (χ0n) is 22.1. The number of nitrogens with zero attached hydrogens (tertiary/aromatic N) is 5. The van der Waals surface area contributed by atoms with Crippen molar-refractivity contribution in [2.24, 2.45) is 5.92 Å². The van der Waals surface area contributed by atoms with Gasteiger partial charge in [-0.15, -0.1) is 5.10 Å². The molecule has 0 spiro atoms. The number of pyridine rings is 1. The number of rotatable bonds is 8. The summed E-state index contributed by atoms with van der Waals surface area (Å²) in [4.78, 5) is 19.1. The van der Waals surface area contributed by atoms with Crippen LogP contribution in [0.3, 0.4) is 0 Å². The van der Waals surface area contributed by atoms with Gasteiger partial charge in [0.05, 0.1) is 12.6 Å². The van der Waals surface area contributed by atoms with Gasteiger partial charge in [-0.05, 0) is 103 Å². The van der Waals surface area contributed by atoms with Gasteiger partial charge in [-0.25, -0.2) is 4.68 Å². The van der Waals surface area contributed by atoms with Crippen LogP contribution in [0.15, 0.2) is 59.4 Å². The molecule has 4 aromatic rings. The maximum Gasteiger partial charge on any atom is 0.253 e. The van der Waals surface area contributed by atoms with Gasteiger partial charge in [0, 0.05) is 17.7 Å². The Morgan fingerprint density at radius 2 is 1.89 bits per heavy atom. The van der Waals surface area contributed by atoms with E-state index in [1.165, 1.54) is 11.1 Å². The third-order valence-electron chi connectivity index (χ3n) is 8.23. The highest BCUT2D eigenvalue weighted by Gasteiger charge is 2.34. The van der Waals surface area contributed by atoms with Crippen LogP contribution >= 0.6 is 0 Å². The van der Waals surface area contributed by atoms with Crippen molar-refractivity contribution in [3.8, 4) is 0 Å². The lowest BCUT2D eigenvalue weighted by molar-refractivity contribution is 0.0892. The third kappa shape index (κ3) is 5.28. The Morgan fingerprint density at radius 3 is 2.66 bits per heavy atom. The van der Waals surface area contributed by atoms with Crippen molar-refractivity contribution in [1.29, 1.82) is 0 Å². The number of likely N-dealkylation sites (tertiary alicyclic amines) is 1. The summed E-state index contributed by atoms with van der Waals surface area (Å²) in [5.74, 6) is 1.35. The first-order valence-corrected chi connectivity index (χ1v) is 14.0. The van der Waals surface area contributed by atoms with Gasteiger partial charge in [0.1, 0.15) is 6.04 Å². The Balaban J connectivity index is 1.33. The van der Waals surface area contributed by atoms with Crippen LogP contribution in [-0.4, -0.2) is 55.9 Å². The van der Waals surface area contributed by atoms with Crippen molar-refractivity contribution in [2.45, 2.75) is 64.1 Å². The van der Waals surface area contributed by atoms with E-state index in [1.54, 1.807) is 0 Å². The van der Waals surface area contributed by atoms with E-state index in [0.29, 0.717) is 18.0 Å². The Labute approximate surface area is 223 Å². The van der Waals surface area contributed by atoms with Crippen LogP contribution in [0.25, 0.3) is 10.9 Å². The maximum atomic E-state index is 13.5. The van der Waals surface area contributed by atoms with E-state index in [1.807, 2.05) is 10.7 Å². The zero-order chi connectivity index (χ0) is 25.9. The van der Waals surface area contributed by atoms with Gasteiger partial charge in [-0.1, -0.05) is 43.3 Å². The van der Waals surface area contributed by atoms with Crippen LogP contribution in [0, 0.1) is 5.92 Å². The lowest BCUT2D eigenvalue weighted by Crippen LogP contribution is -2.41. The summed E-state index contributed by atoms with van der Waals surface area (Å²) < 4.78 is 7.76. The van der Waals surface area contributed by atoms with E-state index in [0.717, 1.165) is 74.9 Å². The smallest absolute Gasteiger partial charge is 0.253 e. The number of hydrogen-bond donors (Lipinski definition) is 1. The van der Waals surface area contributed by atoms with Gasteiger partial charge in [0.25, 0.3) is 5.56 Å². The van der Waals surface area contributed by atoms with Crippen LogP contribution in [0.2, 0.25) is 0 Å². The standard InChI is InChI=1S/C30H36N6O2/c1-2-21-10-11-27-24(18-21)19-26(30(37)31-27)28(29-32-33-34-36(29)20-25-9-6-16-38-25)35-14-12-23(13-15-35)17-22-7-4-3-5-8-22/h3-5,7-8,10-11,18-19,23,25,28H,2,6,9,12-17,20H2,1H3,(H,31,37)/t25-,28-/m1/s1. The Kier molecular flexibility index (Phi) is 7.33. The van der Waals surface area contributed by atoms with Gasteiger partial charge in [0.15, 0.2) is 5.82 Å². The lowest BCUT2D eigenvalue weighted by atomic mass is 9.89. The highest BCUT2D eigenvalue weighted by atomic mass is 16.5. The van der Waals surface area contributed by atoms with E-state index >= 15 is 0 Å². The first kappa shape index (κ1) is 24.9. The molecule has 198 valence electrons. The molecule has 2 atom stereocenters. The minimum absolute atomic E-state index is 0.0789. The number of aromatic nitrogens is 5. The molecule has 0 bridgehead atoms. The molecule has 0 amide bonds. The molecule has 2 aliphatic heterocycles. The molecule has 0 saturated carbocycles. The number of hydrogen-bond acceptors (Lipinski definition) is 6. The predicted octanol–water partition coefficient (Wildman–Crippen LogP) is 4.30. The Morgan fingerprint density at radius 1 is 1.05 bits per heavy atom. The molecular formula is C30H36N6O2. The van der Waals surface area contributed by atoms with Gasteiger partial charge >= 0.3 is 0 Å². The molecule has 38 heavy (non-hydrogen) atoms. The van der Waals surface area contributed by atoms with Crippen molar-refractivity contribution in [1.82, 2.24) is 30.1 Å². The van der Waals surface area contributed by atoms with Crippen molar-refractivity contribution < 1.29 is 4.74 Å². The van der Waals surface area contributed by atoms with Crippen LogP contribution in [0.1, 0.15) is 61.2 Å². The van der Waals surface area contributed by atoms with E-state index < -0.39 is 0 Å². The van der Waals surface area contributed by atoms with Gasteiger partial charge < -0.3 is 9.72 Å². The minimum atomic E-state index is -0.317. The first-order valence-electron chi connectivity index (χ1n) is 14.0. The monoisotopic (exact) mass is 512 g/mol. The molecule has 6 rings (SSSR count). The molecule has 8 heteroatoms. The number of tetrazole rings is 1. The summed E-state index contributed by atoms with van der Waals surface area (Å²) >= 11 is 0. The van der Waals surface area contributed by atoms with Crippen LogP contribution in [0.4, 0.5) is 0 Å². The Hall–Kier alpha value is -3.36. The number of H-pyrrole nitrogens is 1. The highest BCUT2D eigenvalue weighted by molar-refractivity contribution is 5.80. The first-order chi connectivity index (χ1) is 18.7. The number of aryl methyl sites for hydroxylation is 1. The molecule has 2 aromatic heterocycles. The summed E-state index contributed by atoms with van der Waals surface area (Å²) in [6.45, 7) is 5.32. The summed E-state index contributed by atoms with van der Waals surface area (Å²) in [5, 5.41) is 14.0. The zero-order valence-corrected chi connectivity index (χ0v) is 22.1. The second-order valence-corrected chi connectivity index (χ2v) is 10.8.